The Morgan fingerprint density at radius 2 is 2.25 bits per heavy atom. The van der Waals surface area contributed by atoms with Gasteiger partial charge in [0.25, 0.3) is 5.91 Å². The number of rotatable bonds is 2. The number of amides is 1. The highest BCUT2D eigenvalue weighted by atomic mass is 16.6. The molecule has 0 radical (unpaired) electrons. The van der Waals surface area contributed by atoms with Gasteiger partial charge in [-0.3, -0.25) is 4.79 Å². The lowest BCUT2D eigenvalue weighted by Gasteiger charge is -2.24. The van der Waals surface area contributed by atoms with E-state index in [9.17, 15) is 4.79 Å². The van der Waals surface area contributed by atoms with Gasteiger partial charge in [-0.15, -0.1) is 0 Å². The molecule has 5 nitrogen and oxygen atoms in total. The van der Waals surface area contributed by atoms with Crippen molar-refractivity contribution in [3.8, 4) is 11.5 Å². The first-order chi connectivity index (χ1) is 7.81. The van der Waals surface area contributed by atoms with Crippen LogP contribution in [0.15, 0.2) is 29.4 Å². The highest BCUT2D eigenvalue weighted by Gasteiger charge is 2.26. The van der Waals surface area contributed by atoms with Gasteiger partial charge < -0.3 is 9.47 Å². The highest BCUT2D eigenvalue weighted by molar-refractivity contribution is 5.82. The number of para-hydroxylation sites is 2. The summed E-state index contributed by atoms with van der Waals surface area (Å²) >= 11 is 0. The molecule has 0 saturated carbocycles. The first-order valence-corrected chi connectivity index (χ1v) is 4.97. The van der Waals surface area contributed by atoms with Crippen molar-refractivity contribution < 1.29 is 14.3 Å². The summed E-state index contributed by atoms with van der Waals surface area (Å²) in [4.78, 5) is 11.5. The molecule has 0 bridgehead atoms. The topological polar surface area (TPSA) is 59.9 Å². The Balaban J connectivity index is 2.05. The van der Waals surface area contributed by atoms with Gasteiger partial charge in [0, 0.05) is 6.21 Å². The summed E-state index contributed by atoms with van der Waals surface area (Å²) < 4.78 is 10.9. The number of hydrazone groups is 1. The molecule has 1 unspecified atom stereocenters. The SMILES string of the molecule is C/C=N/NC(=O)C1COc2ccccc2O1. The Bertz CT molecular complexity index is 417. The highest BCUT2D eigenvalue weighted by Crippen LogP contribution is 2.30. The second-order valence-corrected chi connectivity index (χ2v) is 3.23. The molecule has 1 aromatic rings. The molecule has 1 amide bonds. The van der Waals surface area contributed by atoms with Crippen LogP contribution >= 0.6 is 0 Å². The van der Waals surface area contributed by atoms with Gasteiger partial charge in [-0.2, -0.15) is 5.10 Å². The van der Waals surface area contributed by atoms with E-state index < -0.39 is 6.10 Å². The van der Waals surface area contributed by atoms with Crippen LogP contribution in [0.5, 0.6) is 11.5 Å². The van der Waals surface area contributed by atoms with Gasteiger partial charge >= 0.3 is 0 Å². The van der Waals surface area contributed by atoms with Gasteiger partial charge in [0.1, 0.15) is 6.61 Å². The Morgan fingerprint density at radius 3 is 3.00 bits per heavy atom. The number of hydrogen-bond donors (Lipinski definition) is 1. The van der Waals surface area contributed by atoms with E-state index in [1.807, 2.05) is 12.1 Å². The van der Waals surface area contributed by atoms with Crippen molar-refractivity contribution >= 4 is 12.1 Å². The fourth-order valence-corrected chi connectivity index (χ4v) is 1.35. The van der Waals surface area contributed by atoms with Gasteiger partial charge in [0.15, 0.2) is 11.5 Å². The molecule has 1 aliphatic heterocycles. The molecule has 1 aliphatic rings. The number of benzene rings is 1. The van der Waals surface area contributed by atoms with E-state index in [4.69, 9.17) is 9.47 Å². The van der Waals surface area contributed by atoms with Crippen LogP contribution in [0.2, 0.25) is 0 Å². The molecule has 0 fully saturated rings. The summed E-state index contributed by atoms with van der Waals surface area (Å²) in [5.41, 5.74) is 2.36. The van der Waals surface area contributed by atoms with Gasteiger partial charge in [0.2, 0.25) is 6.10 Å². The van der Waals surface area contributed by atoms with E-state index in [0.29, 0.717) is 11.5 Å². The number of carbonyl (C=O) groups is 1. The molecule has 0 saturated heterocycles. The molecule has 84 valence electrons. The van der Waals surface area contributed by atoms with Crippen LogP contribution in [0.3, 0.4) is 0 Å². The van der Waals surface area contributed by atoms with Crippen LogP contribution < -0.4 is 14.9 Å². The molecule has 1 heterocycles. The minimum Gasteiger partial charge on any atom is -0.485 e. The molecule has 1 atom stereocenters. The predicted molar refractivity (Wildman–Crippen MR) is 58.7 cm³/mol. The maximum absolute atomic E-state index is 11.5. The standard InChI is InChI=1S/C11H12N2O3/c1-2-12-13-11(14)10-7-15-8-5-3-4-6-9(8)16-10/h2-6,10H,7H2,1H3,(H,13,14)/b12-2+. The first-order valence-electron chi connectivity index (χ1n) is 4.97. The smallest absolute Gasteiger partial charge is 0.284 e. The average molecular weight is 220 g/mol. The van der Waals surface area contributed by atoms with Gasteiger partial charge in [-0.1, -0.05) is 12.1 Å². The van der Waals surface area contributed by atoms with Gasteiger partial charge in [-0.25, -0.2) is 5.43 Å². The Morgan fingerprint density at radius 1 is 1.50 bits per heavy atom. The fourth-order valence-electron chi connectivity index (χ4n) is 1.35. The lowest BCUT2D eigenvalue weighted by molar-refractivity contribution is -0.130. The minimum absolute atomic E-state index is 0.197. The summed E-state index contributed by atoms with van der Waals surface area (Å²) in [7, 11) is 0. The summed E-state index contributed by atoms with van der Waals surface area (Å²) in [5.74, 6) is 0.924. The van der Waals surface area contributed by atoms with Crippen molar-refractivity contribution in [1.82, 2.24) is 5.43 Å². The van der Waals surface area contributed by atoms with E-state index in [1.54, 1.807) is 19.1 Å². The third-order valence-electron chi connectivity index (χ3n) is 2.10. The molecule has 1 N–H and O–H groups in total. The molecule has 16 heavy (non-hydrogen) atoms. The van der Waals surface area contributed by atoms with Crippen molar-refractivity contribution in [1.29, 1.82) is 0 Å². The molecule has 0 aliphatic carbocycles. The van der Waals surface area contributed by atoms with Crippen molar-refractivity contribution in [3.05, 3.63) is 24.3 Å². The first kappa shape index (κ1) is 10.5. The minimum atomic E-state index is -0.654. The third kappa shape index (κ3) is 2.13. The van der Waals surface area contributed by atoms with Crippen molar-refractivity contribution in [2.45, 2.75) is 13.0 Å². The number of nitrogens with zero attached hydrogens (tertiary/aromatic N) is 1. The Kier molecular flexibility index (Phi) is 3.05. The van der Waals surface area contributed by atoms with E-state index in [1.165, 1.54) is 6.21 Å². The summed E-state index contributed by atoms with van der Waals surface area (Å²) in [5, 5.41) is 3.64. The second-order valence-electron chi connectivity index (χ2n) is 3.23. The van der Waals surface area contributed by atoms with Crippen molar-refractivity contribution in [3.63, 3.8) is 0 Å². The quantitative estimate of drug-likeness (QED) is 0.596. The molecular weight excluding hydrogens is 208 g/mol. The number of carbonyl (C=O) groups excluding carboxylic acids is 1. The van der Waals surface area contributed by atoms with Crippen molar-refractivity contribution in [2.75, 3.05) is 6.61 Å². The van der Waals surface area contributed by atoms with E-state index >= 15 is 0 Å². The monoisotopic (exact) mass is 220 g/mol. The number of nitrogens with one attached hydrogen (secondary N) is 1. The number of hydrogen-bond acceptors (Lipinski definition) is 4. The van der Waals surface area contributed by atoms with Crippen LogP contribution in [-0.4, -0.2) is 24.8 Å². The molecule has 5 heteroatoms. The summed E-state index contributed by atoms with van der Waals surface area (Å²) in [6.45, 7) is 1.91. The van der Waals surface area contributed by atoms with E-state index in [-0.39, 0.29) is 12.5 Å². The normalized spacial score (nSPS) is 18.4. The zero-order valence-corrected chi connectivity index (χ0v) is 8.84. The van der Waals surface area contributed by atoms with Crippen LogP contribution in [-0.2, 0) is 4.79 Å². The van der Waals surface area contributed by atoms with Crippen LogP contribution in [0.1, 0.15) is 6.92 Å². The average Bonchev–Trinajstić information content (AvgIpc) is 2.35. The Hall–Kier alpha value is -2.04. The van der Waals surface area contributed by atoms with E-state index in [0.717, 1.165) is 0 Å². The van der Waals surface area contributed by atoms with Crippen LogP contribution in [0.25, 0.3) is 0 Å². The third-order valence-corrected chi connectivity index (χ3v) is 2.10. The lowest BCUT2D eigenvalue weighted by atomic mass is 10.2. The zero-order valence-electron chi connectivity index (χ0n) is 8.84. The fraction of sp³-hybridized carbons (Fsp3) is 0.273. The molecule has 0 aromatic heterocycles. The number of fused-ring (bicyclic) bond motifs is 1. The molecule has 1 aromatic carbocycles. The maximum atomic E-state index is 11.5. The van der Waals surface area contributed by atoms with Gasteiger partial charge in [0.05, 0.1) is 0 Å². The molecule has 0 spiro atoms. The lowest BCUT2D eigenvalue weighted by Crippen LogP contribution is -2.42. The largest absolute Gasteiger partial charge is 0.485 e. The van der Waals surface area contributed by atoms with Crippen LogP contribution in [0, 0.1) is 0 Å². The summed E-state index contributed by atoms with van der Waals surface area (Å²) in [6, 6.07) is 7.24. The van der Waals surface area contributed by atoms with Gasteiger partial charge in [-0.05, 0) is 19.1 Å². The summed E-state index contributed by atoms with van der Waals surface area (Å²) in [6.07, 6.45) is 0.841. The van der Waals surface area contributed by atoms with E-state index in [2.05, 4.69) is 10.5 Å². The molecule has 2 rings (SSSR count). The zero-order chi connectivity index (χ0) is 11.4. The van der Waals surface area contributed by atoms with Crippen LogP contribution in [0.4, 0.5) is 0 Å². The molecular formula is C11H12N2O3. The van der Waals surface area contributed by atoms with Crippen molar-refractivity contribution in [2.24, 2.45) is 5.10 Å². The Labute approximate surface area is 93.1 Å². The number of ether oxygens (including phenoxy) is 2. The predicted octanol–water partition coefficient (Wildman–Crippen LogP) is 0.948. The second kappa shape index (κ2) is 4.65. The maximum Gasteiger partial charge on any atom is 0.284 e.